The number of rotatable bonds is 0. The van der Waals surface area contributed by atoms with Gasteiger partial charge in [-0.2, -0.15) is 0 Å². The first kappa shape index (κ1) is 8.11. The number of halogens is 1. The lowest BCUT2D eigenvalue weighted by Crippen LogP contribution is -2.07. The fourth-order valence-corrected chi connectivity index (χ4v) is 1.43. The van der Waals surface area contributed by atoms with Crippen molar-refractivity contribution >= 4 is 35.9 Å². The molecule has 0 nitrogen and oxygen atoms in total. The quantitative estimate of drug-likeness (QED) is 0.479. The molecular weight excluding hydrogens is 234 g/mol. The SMILES string of the molecule is [B]c1cc(C)c(I)cc1C. The van der Waals surface area contributed by atoms with Gasteiger partial charge in [0, 0.05) is 3.57 Å². The lowest BCUT2D eigenvalue weighted by atomic mass is 9.90. The Labute approximate surface area is 76.6 Å². The van der Waals surface area contributed by atoms with Crippen LogP contribution in [0.3, 0.4) is 0 Å². The second-order valence-corrected chi connectivity index (χ2v) is 3.62. The Morgan fingerprint density at radius 1 is 1.20 bits per heavy atom. The van der Waals surface area contributed by atoms with Gasteiger partial charge in [0.25, 0.3) is 0 Å². The Hall–Kier alpha value is 0.0149. The maximum Gasteiger partial charge on any atom is 0.114 e. The lowest BCUT2D eigenvalue weighted by Gasteiger charge is -2.03. The Bertz CT molecular complexity index is 205. The van der Waals surface area contributed by atoms with Gasteiger partial charge >= 0.3 is 0 Å². The summed E-state index contributed by atoms with van der Waals surface area (Å²) in [5.74, 6) is 0. The van der Waals surface area contributed by atoms with Gasteiger partial charge in [-0.3, -0.25) is 0 Å². The topological polar surface area (TPSA) is 0 Å². The van der Waals surface area contributed by atoms with E-state index in [2.05, 4.69) is 35.6 Å². The Morgan fingerprint density at radius 3 is 2.30 bits per heavy atom. The van der Waals surface area contributed by atoms with Crippen LogP contribution in [0.2, 0.25) is 0 Å². The third kappa shape index (κ3) is 1.54. The van der Waals surface area contributed by atoms with E-state index in [1.807, 2.05) is 13.0 Å². The standard InChI is InChI=1S/C8H8BI/c1-5-4-8(10)6(2)3-7(5)9/h3-4H,1-2H3. The minimum absolute atomic E-state index is 0.887. The van der Waals surface area contributed by atoms with Crippen molar-refractivity contribution < 1.29 is 0 Å². The van der Waals surface area contributed by atoms with Crippen molar-refractivity contribution in [1.29, 1.82) is 0 Å². The third-order valence-corrected chi connectivity index (χ3v) is 2.71. The van der Waals surface area contributed by atoms with Gasteiger partial charge in [-0.25, -0.2) is 0 Å². The molecule has 0 aliphatic rings. The minimum atomic E-state index is 0.887. The molecule has 1 rings (SSSR count). The average Bonchev–Trinajstić information content (AvgIpc) is 1.84. The maximum atomic E-state index is 5.69. The molecule has 1 aromatic carbocycles. The molecule has 0 unspecified atom stereocenters. The number of hydrogen-bond donors (Lipinski definition) is 0. The van der Waals surface area contributed by atoms with Gasteiger partial charge in [0.2, 0.25) is 0 Å². The van der Waals surface area contributed by atoms with Crippen LogP contribution < -0.4 is 5.46 Å². The summed E-state index contributed by atoms with van der Waals surface area (Å²) >= 11 is 2.31. The van der Waals surface area contributed by atoms with Crippen molar-refractivity contribution in [2.75, 3.05) is 0 Å². The predicted octanol–water partition coefficient (Wildman–Crippen LogP) is 1.70. The first-order valence-electron chi connectivity index (χ1n) is 3.13. The van der Waals surface area contributed by atoms with Gasteiger partial charge < -0.3 is 0 Å². The largest absolute Gasteiger partial charge is 0.114 e. The Balaban J connectivity index is 3.28. The van der Waals surface area contributed by atoms with E-state index in [1.54, 1.807) is 0 Å². The zero-order valence-corrected chi connectivity index (χ0v) is 8.27. The van der Waals surface area contributed by atoms with E-state index in [0.29, 0.717) is 0 Å². The molecule has 0 bridgehead atoms. The minimum Gasteiger partial charge on any atom is -0.0935 e. The lowest BCUT2D eigenvalue weighted by molar-refractivity contribution is 1.39. The molecule has 0 saturated carbocycles. The number of hydrogen-bond acceptors (Lipinski definition) is 0. The third-order valence-electron chi connectivity index (χ3n) is 1.55. The predicted molar refractivity (Wildman–Crippen MR) is 54.0 cm³/mol. The molecule has 2 heteroatoms. The molecule has 0 atom stereocenters. The summed E-state index contributed by atoms with van der Waals surface area (Å²) in [6.45, 7) is 4.09. The maximum absolute atomic E-state index is 5.69. The Morgan fingerprint density at radius 2 is 1.80 bits per heavy atom. The van der Waals surface area contributed by atoms with Crippen LogP contribution in [0, 0.1) is 17.4 Å². The Kier molecular flexibility index (Phi) is 2.39. The van der Waals surface area contributed by atoms with E-state index in [0.717, 1.165) is 11.0 Å². The van der Waals surface area contributed by atoms with Crippen LogP contribution in [0.25, 0.3) is 0 Å². The first-order chi connectivity index (χ1) is 4.61. The molecule has 0 saturated heterocycles. The molecule has 0 heterocycles. The molecule has 1 aromatic rings. The monoisotopic (exact) mass is 242 g/mol. The van der Waals surface area contributed by atoms with E-state index in [1.165, 1.54) is 9.13 Å². The summed E-state index contributed by atoms with van der Waals surface area (Å²) in [5, 5.41) is 0. The van der Waals surface area contributed by atoms with E-state index in [-0.39, 0.29) is 0 Å². The van der Waals surface area contributed by atoms with Crippen LogP contribution in [0.4, 0.5) is 0 Å². The molecule has 0 N–H and O–H groups in total. The zero-order valence-electron chi connectivity index (χ0n) is 6.11. The molecule has 50 valence electrons. The fraction of sp³-hybridized carbons (Fsp3) is 0.250. The highest BCUT2D eigenvalue weighted by Crippen LogP contribution is 2.10. The molecule has 0 spiro atoms. The van der Waals surface area contributed by atoms with Crippen LogP contribution in [0.1, 0.15) is 11.1 Å². The molecular formula is C8H8BI. The van der Waals surface area contributed by atoms with E-state index < -0.39 is 0 Å². The van der Waals surface area contributed by atoms with Crippen molar-refractivity contribution in [3.63, 3.8) is 0 Å². The van der Waals surface area contributed by atoms with Crippen molar-refractivity contribution in [2.45, 2.75) is 13.8 Å². The van der Waals surface area contributed by atoms with E-state index in [4.69, 9.17) is 7.85 Å². The highest BCUT2D eigenvalue weighted by molar-refractivity contribution is 14.1. The van der Waals surface area contributed by atoms with Crippen LogP contribution >= 0.6 is 22.6 Å². The van der Waals surface area contributed by atoms with Crippen molar-refractivity contribution in [1.82, 2.24) is 0 Å². The summed E-state index contributed by atoms with van der Waals surface area (Å²) < 4.78 is 1.28. The number of aryl methyl sites for hydroxylation is 2. The second-order valence-electron chi connectivity index (χ2n) is 2.46. The summed E-state index contributed by atoms with van der Waals surface area (Å²) in [7, 11) is 5.69. The van der Waals surface area contributed by atoms with Gasteiger partial charge in [-0.1, -0.05) is 17.1 Å². The fourth-order valence-electron chi connectivity index (χ4n) is 0.803. The zero-order chi connectivity index (χ0) is 7.72. The van der Waals surface area contributed by atoms with Crippen molar-refractivity contribution in [2.24, 2.45) is 0 Å². The normalized spacial score (nSPS) is 9.90. The first-order valence-corrected chi connectivity index (χ1v) is 4.21. The van der Waals surface area contributed by atoms with Gasteiger partial charge in [0.15, 0.2) is 0 Å². The second kappa shape index (κ2) is 2.95. The summed E-state index contributed by atoms with van der Waals surface area (Å²) in [6, 6.07) is 4.11. The molecule has 10 heavy (non-hydrogen) atoms. The molecule has 0 aliphatic heterocycles. The van der Waals surface area contributed by atoms with Crippen LogP contribution in [0.15, 0.2) is 12.1 Å². The van der Waals surface area contributed by atoms with Crippen LogP contribution in [-0.2, 0) is 0 Å². The molecule has 2 radical (unpaired) electrons. The smallest absolute Gasteiger partial charge is 0.0935 e. The van der Waals surface area contributed by atoms with E-state index >= 15 is 0 Å². The van der Waals surface area contributed by atoms with Crippen molar-refractivity contribution in [3.8, 4) is 0 Å². The molecule has 0 fully saturated rings. The van der Waals surface area contributed by atoms with E-state index in [9.17, 15) is 0 Å². The molecule has 0 aliphatic carbocycles. The van der Waals surface area contributed by atoms with Crippen LogP contribution in [0.5, 0.6) is 0 Å². The van der Waals surface area contributed by atoms with Gasteiger partial charge in [0.05, 0.1) is 0 Å². The summed E-state index contributed by atoms with van der Waals surface area (Å²) in [5.41, 5.74) is 3.30. The van der Waals surface area contributed by atoms with Crippen molar-refractivity contribution in [3.05, 3.63) is 26.8 Å². The highest BCUT2D eigenvalue weighted by atomic mass is 127. The molecule has 0 amide bonds. The average molecular weight is 242 g/mol. The van der Waals surface area contributed by atoms with Crippen LogP contribution in [-0.4, -0.2) is 7.85 Å². The summed E-state index contributed by atoms with van der Waals surface area (Å²) in [4.78, 5) is 0. The summed E-state index contributed by atoms with van der Waals surface area (Å²) in [6.07, 6.45) is 0. The highest BCUT2D eigenvalue weighted by Gasteiger charge is 1.96. The van der Waals surface area contributed by atoms with Gasteiger partial charge in [-0.15, -0.1) is 0 Å². The van der Waals surface area contributed by atoms with Gasteiger partial charge in [-0.05, 0) is 48.1 Å². The molecule has 0 aromatic heterocycles. The van der Waals surface area contributed by atoms with Gasteiger partial charge in [0.1, 0.15) is 7.85 Å². The number of benzene rings is 1.